The number of benzene rings is 1. The Bertz CT molecular complexity index is 1780. The molecule has 0 saturated carbocycles. The highest BCUT2D eigenvalue weighted by Gasteiger charge is 2.20. The molecule has 0 aliphatic carbocycles. The van der Waals surface area contributed by atoms with Gasteiger partial charge in [-0.2, -0.15) is 0 Å². The van der Waals surface area contributed by atoms with E-state index in [2.05, 4.69) is 35.1 Å². The van der Waals surface area contributed by atoms with Crippen LogP contribution in [0.15, 0.2) is 67.4 Å². The molecule has 6 rings (SSSR count). The number of pyridine rings is 3. The summed E-state index contributed by atoms with van der Waals surface area (Å²) in [4.78, 5) is 37.2. The maximum atomic E-state index is 14.5. The second-order valence-electron chi connectivity index (χ2n) is 9.86. The lowest BCUT2D eigenvalue weighted by molar-refractivity contribution is 0.164. The Morgan fingerprint density at radius 2 is 1.76 bits per heavy atom. The molecule has 1 aliphatic rings. The highest BCUT2D eigenvalue weighted by Crippen LogP contribution is 2.30. The normalized spacial score (nSPS) is 13.9. The van der Waals surface area contributed by atoms with Crippen molar-refractivity contribution < 1.29 is 9.18 Å². The summed E-state index contributed by atoms with van der Waals surface area (Å²) in [7, 11) is 2.03. The van der Waals surface area contributed by atoms with E-state index in [0.29, 0.717) is 57.6 Å². The summed E-state index contributed by atoms with van der Waals surface area (Å²) in [6.07, 6.45) is 7.96. The van der Waals surface area contributed by atoms with Gasteiger partial charge in [-0.3, -0.25) is 15.4 Å². The predicted molar refractivity (Wildman–Crippen MR) is 155 cm³/mol. The molecule has 0 bridgehead atoms. The molecule has 1 aliphatic heterocycles. The van der Waals surface area contributed by atoms with Gasteiger partial charge in [0.2, 0.25) is 0 Å². The topological polar surface area (TPSA) is 153 Å². The first-order valence-electron chi connectivity index (χ1n) is 13.0. The standard InChI is InChI=1S/C29H27FN10O/c1-39-6-8-40(9-7-39)29(41)36-19-10-17(12-33-14-19)18-11-21(27(32)35-13-18)25(31)28-37-24-16-34-15-22(26(24)38-28)20-4-2-3-5-23(20)30/h2-5,10-16,31H,6-9H2,1H3,(H2,32,35)(H,36,41)(H,37,38). The van der Waals surface area contributed by atoms with Crippen molar-refractivity contribution >= 4 is 34.3 Å². The molecule has 41 heavy (non-hydrogen) atoms. The number of imidazole rings is 1. The lowest BCUT2D eigenvalue weighted by Crippen LogP contribution is -2.48. The Balaban J connectivity index is 1.28. The molecule has 12 heteroatoms. The number of halogens is 1. The van der Waals surface area contributed by atoms with E-state index in [1.807, 2.05) is 7.05 Å². The van der Waals surface area contributed by atoms with Crippen LogP contribution in [0, 0.1) is 11.2 Å². The Labute approximate surface area is 234 Å². The number of urea groups is 1. The number of fused-ring (bicyclic) bond motifs is 1. The summed E-state index contributed by atoms with van der Waals surface area (Å²) in [5, 5.41) is 11.8. The van der Waals surface area contributed by atoms with E-state index >= 15 is 0 Å². The first-order valence-corrected chi connectivity index (χ1v) is 13.0. The third kappa shape index (κ3) is 5.20. The zero-order chi connectivity index (χ0) is 28.5. The summed E-state index contributed by atoms with van der Waals surface area (Å²) in [6.45, 7) is 2.96. The molecule has 0 unspecified atom stereocenters. The number of likely N-dealkylation sites (N-methyl/N-ethyl adjacent to an activating group) is 1. The van der Waals surface area contributed by atoms with Gasteiger partial charge in [-0.05, 0) is 25.2 Å². The van der Waals surface area contributed by atoms with E-state index in [0.717, 1.165) is 13.1 Å². The molecule has 4 aromatic heterocycles. The van der Waals surface area contributed by atoms with Gasteiger partial charge in [-0.1, -0.05) is 18.2 Å². The third-order valence-corrected chi connectivity index (χ3v) is 7.10. The first-order chi connectivity index (χ1) is 19.9. The number of aromatic nitrogens is 5. The lowest BCUT2D eigenvalue weighted by atomic mass is 10.0. The first kappa shape index (κ1) is 26.0. The van der Waals surface area contributed by atoms with E-state index in [1.54, 1.807) is 66.2 Å². The van der Waals surface area contributed by atoms with Crippen molar-refractivity contribution in [1.82, 2.24) is 34.7 Å². The molecular formula is C29H27FN10O. The number of nitrogens with one attached hydrogen (secondary N) is 3. The van der Waals surface area contributed by atoms with Crippen LogP contribution in [-0.4, -0.2) is 79.7 Å². The molecule has 1 saturated heterocycles. The number of carbonyl (C=O) groups is 1. The lowest BCUT2D eigenvalue weighted by Gasteiger charge is -2.32. The zero-order valence-corrected chi connectivity index (χ0v) is 22.2. The van der Waals surface area contributed by atoms with Crippen LogP contribution < -0.4 is 11.1 Å². The summed E-state index contributed by atoms with van der Waals surface area (Å²) in [6, 6.07) is 9.76. The van der Waals surface area contributed by atoms with Crippen molar-refractivity contribution in [3.8, 4) is 22.3 Å². The summed E-state index contributed by atoms with van der Waals surface area (Å²) in [5.74, 6) is -0.000157. The number of nitrogens with zero attached hydrogens (tertiary/aromatic N) is 6. The van der Waals surface area contributed by atoms with Crippen LogP contribution in [0.1, 0.15) is 11.4 Å². The van der Waals surface area contributed by atoms with Gasteiger partial charge in [0.05, 0.1) is 23.6 Å². The number of anilines is 2. The van der Waals surface area contributed by atoms with Crippen LogP contribution in [0.3, 0.4) is 0 Å². The number of nitrogens with two attached hydrogens (primary N) is 1. The molecule has 5 aromatic rings. The number of hydrogen-bond acceptors (Lipinski definition) is 8. The van der Waals surface area contributed by atoms with Crippen LogP contribution in [0.4, 0.5) is 20.7 Å². The Morgan fingerprint density at radius 1 is 1.00 bits per heavy atom. The van der Waals surface area contributed by atoms with Crippen LogP contribution in [0.2, 0.25) is 0 Å². The van der Waals surface area contributed by atoms with Gasteiger partial charge in [0, 0.05) is 72.6 Å². The van der Waals surface area contributed by atoms with Gasteiger partial charge in [-0.25, -0.2) is 19.2 Å². The molecule has 2 amide bonds. The molecule has 5 N–H and O–H groups in total. The summed E-state index contributed by atoms with van der Waals surface area (Å²) < 4.78 is 14.5. The number of nitrogen functional groups attached to an aromatic ring is 1. The molecule has 0 atom stereocenters. The molecule has 1 aromatic carbocycles. The maximum absolute atomic E-state index is 14.5. The largest absolute Gasteiger partial charge is 0.383 e. The number of hydrogen-bond donors (Lipinski definition) is 4. The number of carbonyl (C=O) groups excluding carboxylic acids is 1. The molecular weight excluding hydrogens is 523 g/mol. The van der Waals surface area contributed by atoms with Gasteiger partial charge >= 0.3 is 6.03 Å². The van der Waals surface area contributed by atoms with Gasteiger partial charge in [0.15, 0.2) is 5.82 Å². The van der Waals surface area contributed by atoms with Crippen molar-refractivity contribution in [2.75, 3.05) is 44.3 Å². The number of rotatable bonds is 5. The van der Waals surface area contributed by atoms with Gasteiger partial charge in [0.1, 0.15) is 22.9 Å². The van der Waals surface area contributed by atoms with Crippen LogP contribution >= 0.6 is 0 Å². The number of H-pyrrole nitrogens is 1. The Kier molecular flexibility index (Phi) is 6.81. The fraction of sp³-hybridized carbons (Fsp3) is 0.172. The van der Waals surface area contributed by atoms with Crippen molar-refractivity contribution in [2.24, 2.45) is 0 Å². The molecule has 11 nitrogen and oxygen atoms in total. The van der Waals surface area contributed by atoms with Crippen molar-refractivity contribution in [2.45, 2.75) is 0 Å². The smallest absolute Gasteiger partial charge is 0.321 e. The number of amides is 2. The average Bonchev–Trinajstić information content (AvgIpc) is 3.43. The monoisotopic (exact) mass is 550 g/mol. The average molecular weight is 551 g/mol. The van der Waals surface area contributed by atoms with E-state index < -0.39 is 5.82 Å². The highest BCUT2D eigenvalue weighted by molar-refractivity contribution is 6.13. The zero-order valence-electron chi connectivity index (χ0n) is 22.2. The van der Waals surface area contributed by atoms with Gasteiger partial charge in [0.25, 0.3) is 0 Å². The molecule has 0 radical (unpaired) electrons. The van der Waals surface area contributed by atoms with Crippen molar-refractivity contribution in [1.29, 1.82) is 5.41 Å². The summed E-state index contributed by atoms with van der Waals surface area (Å²) >= 11 is 0. The molecule has 0 spiro atoms. The molecule has 206 valence electrons. The van der Waals surface area contributed by atoms with E-state index in [-0.39, 0.29) is 23.4 Å². The maximum Gasteiger partial charge on any atom is 0.321 e. The predicted octanol–water partition coefficient (Wildman–Crippen LogP) is 4.00. The minimum absolute atomic E-state index is 0.0139. The fourth-order valence-corrected chi connectivity index (χ4v) is 4.77. The second kappa shape index (κ2) is 10.7. The minimum atomic E-state index is -0.391. The van der Waals surface area contributed by atoms with Crippen LogP contribution in [-0.2, 0) is 0 Å². The van der Waals surface area contributed by atoms with E-state index in [1.165, 1.54) is 6.07 Å². The molecule has 5 heterocycles. The third-order valence-electron chi connectivity index (χ3n) is 7.10. The second-order valence-corrected chi connectivity index (χ2v) is 9.86. The van der Waals surface area contributed by atoms with Gasteiger partial charge in [-0.15, -0.1) is 0 Å². The number of aromatic amines is 1. The molecule has 1 fully saturated rings. The van der Waals surface area contributed by atoms with Crippen LogP contribution in [0.25, 0.3) is 33.3 Å². The van der Waals surface area contributed by atoms with Crippen molar-refractivity contribution in [3.05, 3.63) is 84.6 Å². The number of piperazine rings is 1. The van der Waals surface area contributed by atoms with Crippen molar-refractivity contribution in [3.63, 3.8) is 0 Å². The SMILES string of the molecule is CN1CCN(C(=O)Nc2cncc(-c3cnc(N)c(C(=N)c4nc5c(-c6ccccc6F)cncc5[nH]4)c3)c2)CC1. The Hall–Kier alpha value is -5.23. The minimum Gasteiger partial charge on any atom is -0.383 e. The Morgan fingerprint density at radius 3 is 2.56 bits per heavy atom. The summed E-state index contributed by atoms with van der Waals surface area (Å²) in [5.41, 5.74) is 10.4. The quantitative estimate of drug-likeness (QED) is 0.241. The highest BCUT2D eigenvalue weighted by atomic mass is 19.1. The van der Waals surface area contributed by atoms with Crippen LogP contribution in [0.5, 0.6) is 0 Å². The fourth-order valence-electron chi connectivity index (χ4n) is 4.77. The van der Waals surface area contributed by atoms with Gasteiger partial charge < -0.3 is 25.8 Å². The van der Waals surface area contributed by atoms with E-state index in [9.17, 15) is 9.18 Å². The van der Waals surface area contributed by atoms with E-state index in [4.69, 9.17) is 11.1 Å².